The third-order valence-corrected chi connectivity index (χ3v) is 4.42. The molecule has 2 aromatic heterocycles. The molecule has 0 saturated carbocycles. The maximum Gasteiger partial charge on any atom is 0.338 e. The van der Waals surface area contributed by atoms with E-state index in [9.17, 15) is 9.90 Å². The van der Waals surface area contributed by atoms with Gasteiger partial charge < -0.3 is 14.8 Å². The van der Waals surface area contributed by atoms with Crippen LogP contribution < -0.4 is 0 Å². The molecular formula is C20H18N6O3. The van der Waals surface area contributed by atoms with E-state index in [4.69, 9.17) is 4.74 Å². The maximum atomic E-state index is 11.9. The van der Waals surface area contributed by atoms with Crippen LogP contribution in [0.5, 0.6) is 5.88 Å². The Morgan fingerprint density at radius 2 is 2.00 bits per heavy atom. The second kappa shape index (κ2) is 7.55. The first kappa shape index (κ1) is 18.4. The summed E-state index contributed by atoms with van der Waals surface area (Å²) in [5, 5.41) is 25.0. The summed E-state index contributed by atoms with van der Waals surface area (Å²) in [7, 11) is 0. The number of carbonyl (C=O) groups is 1. The Kier molecular flexibility index (Phi) is 4.78. The van der Waals surface area contributed by atoms with Crippen molar-refractivity contribution >= 4 is 28.3 Å². The van der Waals surface area contributed by atoms with Crippen LogP contribution in [0.4, 0.5) is 5.69 Å². The average molecular weight is 390 g/mol. The fourth-order valence-electron chi connectivity index (χ4n) is 3.11. The zero-order valence-corrected chi connectivity index (χ0v) is 15.8. The van der Waals surface area contributed by atoms with E-state index in [-0.39, 0.29) is 5.88 Å². The molecule has 9 heteroatoms. The number of aromatic nitrogens is 5. The first-order valence-corrected chi connectivity index (χ1v) is 8.98. The lowest BCUT2D eigenvalue weighted by molar-refractivity contribution is 0.0526. The lowest BCUT2D eigenvalue weighted by atomic mass is 10.1. The number of nitrogens with one attached hydrogen (secondary N) is 2. The van der Waals surface area contributed by atoms with Crippen LogP contribution in [-0.2, 0) is 4.74 Å². The smallest absolute Gasteiger partial charge is 0.338 e. The number of tetrazole rings is 1. The number of H-pyrrole nitrogens is 2. The molecule has 0 atom stereocenters. The zero-order chi connectivity index (χ0) is 20.4. The molecule has 2 heterocycles. The number of aliphatic imine (C=N–C) groups is 1. The number of ether oxygens (including phenoxy) is 1. The Hall–Kier alpha value is -4.01. The van der Waals surface area contributed by atoms with E-state index in [1.165, 1.54) is 0 Å². The fraction of sp³-hybridized carbons (Fsp3) is 0.150. The Morgan fingerprint density at radius 1 is 1.21 bits per heavy atom. The van der Waals surface area contributed by atoms with Crippen molar-refractivity contribution in [2.75, 3.05) is 6.61 Å². The topological polar surface area (TPSA) is 129 Å². The number of esters is 1. The molecule has 0 aliphatic rings. The highest BCUT2D eigenvalue weighted by Gasteiger charge is 2.16. The third-order valence-electron chi connectivity index (χ3n) is 4.42. The van der Waals surface area contributed by atoms with Crippen LogP contribution in [0.25, 0.3) is 22.3 Å². The van der Waals surface area contributed by atoms with Crippen LogP contribution >= 0.6 is 0 Å². The first-order chi connectivity index (χ1) is 14.1. The highest BCUT2D eigenvalue weighted by molar-refractivity contribution is 6.13. The van der Waals surface area contributed by atoms with Crippen molar-refractivity contribution in [2.24, 2.45) is 4.99 Å². The van der Waals surface area contributed by atoms with Gasteiger partial charge in [0, 0.05) is 16.5 Å². The molecule has 0 amide bonds. The van der Waals surface area contributed by atoms with Crippen LogP contribution in [-0.4, -0.2) is 49.0 Å². The van der Waals surface area contributed by atoms with Gasteiger partial charge in [0.2, 0.25) is 5.82 Å². The minimum absolute atomic E-state index is 0.00863. The van der Waals surface area contributed by atoms with Crippen molar-refractivity contribution in [3.8, 4) is 17.3 Å². The Balaban J connectivity index is 1.66. The number of benzene rings is 2. The molecule has 0 fully saturated rings. The van der Waals surface area contributed by atoms with Crippen molar-refractivity contribution in [1.82, 2.24) is 25.6 Å². The largest absolute Gasteiger partial charge is 0.494 e. The summed E-state index contributed by atoms with van der Waals surface area (Å²) in [6.07, 6.45) is 0. The fourth-order valence-corrected chi connectivity index (χ4v) is 3.11. The van der Waals surface area contributed by atoms with E-state index in [0.717, 1.165) is 10.9 Å². The van der Waals surface area contributed by atoms with Gasteiger partial charge in [-0.3, -0.25) is 4.99 Å². The first-order valence-electron chi connectivity index (χ1n) is 8.98. The van der Waals surface area contributed by atoms with Crippen molar-refractivity contribution < 1.29 is 14.6 Å². The number of fused-ring (bicyclic) bond motifs is 1. The monoisotopic (exact) mass is 390 g/mol. The van der Waals surface area contributed by atoms with E-state index in [2.05, 4.69) is 30.6 Å². The SMILES string of the molecule is CCOC(=O)c1ccc2c(C(C)=Nc3ccc(-c4nn[nH]n4)cc3)c(O)[nH]c2c1. The summed E-state index contributed by atoms with van der Waals surface area (Å²) >= 11 is 0. The number of aromatic hydroxyl groups is 1. The molecule has 2 aromatic carbocycles. The van der Waals surface area contributed by atoms with Crippen LogP contribution in [0.2, 0.25) is 0 Å². The molecule has 0 bridgehead atoms. The standard InChI is InChI=1S/C20H18N6O3/c1-3-29-20(28)13-6-9-15-16(10-13)22-19(27)17(15)11(2)21-14-7-4-12(5-8-14)18-23-25-26-24-18/h4-10,22,27H,3H2,1-2H3,(H,23,24,25,26). The predicted octanol–water partition coefficient (Wildman–Crippen LogP) is 3.37. The summed E-state index contributed by atoms with van der Waals surface area (Å²) in [6, 6.07) is 12.5. The number of carbonyl (C=O) groups excluding carboxylic acids is 1. The summed E-state index contributed by atoms with van der Waals surface area (Å²) in [5.41, 5.74) is 3.79. The van der Waals surface area contributed by atoms with Gasteiger partial charge in [0.15, 0.2) is 5.88 Å². The molecule has 0 aliphatic carbocycles. The van der Waals surface area contributed by atoms with Crippen LogP contribution in [0.1, 0.15) is 29.8 Å². The highest BCUT2D eigenvalue weighted by atomic mass is 16.5. The van der Waals surface area contributed by atoms with Gasteiger partial charge in [-0.2, -0.15) is 5.21 Å². The lowest BCUT2D eigenvalue weighted by Crippen LogP contribution is -2.04. The second-order valence-corrected chi connectivity index (χ2v) is 6.31. The van der Waals surface area contributed by atoms with E-state index in [0.29, 0.717) is 40.5 Å². The van der Waals surface area contributed by atoms with Gasteiger partial charge in [-0.1, -0.05) is 6.07 Å². The lowest BCUT2D eigenvalue weighted by Gasteiger charge is -2.03. The number of aromatic amines is 2. The molecule has 0 saturated heterocycles. The quantitative estimate of drug-likeness (QED) is 0.354. The van der Waals surface area contributed by atoms with E-state index < -0.39 is 5.97 Å². The molecule has 0 aliphatic heterocycles. The average Bonchev–Trinajstić information content (AvgIpc) is 3.35. The Morgan fingerprint density at radius 3 is 2.69 bits per heavy atom. The van der Waals surface area contributed by atoms with Gasteiger partial charge in [-0.05, 0) is 55.5 Å². The van der Waals surface area contributed by atoms with Gasteiger partial charge >= 0.3 is 5.97 Å². The maximum absolute atomic E-state index is 11.9. The van der Waals surface area contributed by atoms with Crippen LogP contribution in [0.15, 0.2) is 47.5 Å². The van der Waals surface area contributed by atoms with Crippen molar-refractivity contribution in [3.05, 3.63) is 53.6 Å². The normalized spacial score (nSPS) is 11.7. The molecular weight excluding hydrogens is 372 g/mol. The number of rotatable bonds is 5. The molecule has 4 rings (SSSR count). The number of hydrogen-bond donors (Lipinski definition) is 3. The summed E-state index contributed by atoms with van der Waals surface area (Å²) in [6.45, 7) is 3.87. The van der Waals surface area contributed by atoms with E-state index in [1.54, 1.807) is 25.1 Å². The van der Waals surface area contributed by atoms with Crippen LogP contribution in [0, 0.1) is 0 Å². The minimum Gasteiger partial charge on any atom is -0.494 e. The third kappa shape index (κ3) is 3.57. The molecule has 146 valence electrons. The van der Waals surface area contributed by atoms with Gasteiger partial charge in [-0.25, -0.2) is 4.79 Å². The van der Waals surface area contributed by atoms with Crippen molar-refractivity contribution in [1.29, 1.82) is 0 Å². The number of nitrogens with zero attached hydrogens (tertiary/aromatic N) is 4. The molecule has 0 radical (unpaired) electrons. The molecule has 3 N–H and O–H groups in total. The number of hydrogen-bond acceptors (Lipinski definition) is 7. The van der Waals surface area contributed by atoms with E-state index >= 15 is 0 Å². The van der Waals surface area contributed by atoms with Crippen LogP contribution in [0.3, 0.4) is 0 Å². The highest BCUT2D eigenvalue weighted by Crippen LogP contribution is 2.30. The summed E-state index contributed by atoms with van der Waals surface area (Å²) < 4.78 is 5.02. The summed E-state index contributed by atoms with van der Waals surface area (Å²) in [4.78, 5) is 19.4. The van der Waals surface area contributed by atoms with Gasteiger partial charge in [0.1, 0.15) is 0 Å². The molecule has 0 unspecified atom stereocenters. The Labute approximate surface area is 165 Å². The van der Waals surface area contributed by atoms with Gasteiger partial charge in [0.05, 0.1) is 29.1 Å². The van der Waals surface area contributed by atoms with Gasteiger partial charge in [-0.15, -0.1) is 10.2 Å². The zero-order valence-electron chi connectivity index (χ0n) is 15.8. The van der Waals surface area contributed by atoms with Crippen molar-refractivity contribution in [3.63, 3.8) is 0 Å². The van der Waals surface area contributed by atoms with E-state index in [1.807, 2.05) is 31.2 Å². The van der Waals surface area contributed by atoms with Crippen molar-refractivity contribution in [2.45, 2.75) is 13.8 Å². The minimum atomic E-state index is -0.405. The second-order valence-electron chi connectivity index (χ2n) is 6.31. The molecule has 9 nitrogen and oxygen atoms in total. The summed E-state index contributed by atoms with van der Waals surface area (Å²) in [5.74, 6) is 0.0896. The molecule has 0 spiro atoms. The van der Waals surface area contributed by atoms with Gasteiger partial charge in [0.25, 0.3) is 0 Å². The Bertz CT molecular complexity index is 1190. The predicted molar refractivity (Wildman–Crippen MR) is 107 cm³/mol. The molecule has 29 heavy (non-hydrogen) atoms. The molecule has 4 aromatic rings.